The Balaban J connectivity index is 3.27. The quantitative estimate of drug-likeness (QED) is 0.0612. The molecule has 0 bridgehead atoms. The van der Waals surface area contributed by atoms with Gasteiger partial charge in [0.15, 0.2) is 0 Å². The Morgan fingerprint density at radius 1 is 0.776 bits per heavy atom. The summed E-state index contributed by atoms with van der Waals surface area (Å²) in [5, 5.41) is 22.3. The molecule has 15 nitrogen and oxygen atoms in total. The molecule has 0 fully saturated rings. The Bertz CT molecular complexity index is 1280. The molecule has 10 N–H and O–H groups in total. The van der Waals surface area contributed by atoms with Gasteiger partial charge < -0.3 is 43.2 Å². The van der Waals surface area contributed by atoms with Crippen LogP contribution in [-0.4, -0.2) is 106 Å². The second-order valence-electron chi connectivity index (χ2n) is 11.4. The van der Waals surface area contributed by atoms with Crippen LogP contribution in [0.5, 0.6) is 0 Å². The maximum absolute atomic E-state index is 13.7. The molecule has 49 heavy (non-hydrogen) atoms. The monoisotopic (exact) mass is 743 g/mol. The van der Waals surface area contributed by atoms with Crippen molar-refractivity contribution in [2.45, 2.75) is 82.2 Å². The Morgan fingerprint density at radius 2 is 1.33 bits per heavy atom. The number of primary amides is 1. The first-order valence-corrected chi connectivity index (χ1v) is 18.4. The van der Waals surface area contributed by atoms with E-state index in [0.29, 0.717) is 17.7 Å². The van der Waals surface area contributed by atoms with Crippen LogP contribution in [0.4, 0.5) is 0 Å². The summed E-state index contributed by atoms with van der Waals surface area (Å²) in [5.74, 6) is -5.62. The number of nitrogens with two attached hydrogens (primary N) is 2. The first-order chi connectivity index (χ1) is 23.2. The topological polar surface area (TPSA) is 252 Å². The lowest BCUT2D eigenvalue weighted by molar-refractivity contribution is -0.142. The number of hydrogen-bond acceptors (Lipinski definition) is 11. The zero-order valence-electron chi connectivity index (χ0n) is 27.8. The maximum Gasteiger partial charge on any atom is 0.326 e. The van der Waals surface area contributed by atoms with Crippen LogP contribution in [0.3, 0.4) is 0 Å². The fourth-order valence-electron chi connectivity index (χ4n) is 4.43. The van der Waals surface area contributed by atoms with Crippen molar-refractivity contribution in [3.8, 4) is 0 Å². The molecule has 1 aromatic rings. The standard InChI is InChI=1S/C31H49N7O8S3/c1-4-17(2)25(38-26(40)19(32)15-47)30(44)34-20(12-13-49-3)27(41)36-22(14-18-8-6-5-7-9-18)28(42)37-23(16-48)29(43)35-21(31(45)46)10-11-24(33)39/h5-9,17,19-23,25,47-48H,4,10-16,32H2,1-3H3,(H2,33,39)(H,34,44)(H,35,43)(H,36,41)(H,37,42)(H,38,40)(H,45,46). The van der Waals surface area contributed by atoms with Crippen LogP contribution in [-0.2, 0) is 40.0 Å². The number of thiol groups is 2. The van der Waals surface area contributed by atoms with Crippen LogP contribution in [0.2, 0.25) is 0 Å². The van der Waals surface area contributed by atoms with E-state index in [4.69, 9.17) is 11.5 Å². The summed E-state index contributed by atoms with van der Waals surface area (Å²) in [4.78, 5) is 89.1. The van der Waals surface area contributed by atoms with Gasteiger partial charge in [-0.05, 0) is 36.3 Å². The summed E-state index contributed by atoms with van der Waals surface area (Å²) in [6.45, 7) is 3.62. The third kappa shape index (κ3) is 15.7. The molecule has 6 amide bonds. The van der Waals surface area contributed by atoms with Gasteiger partial charge >= 0.3 is 5.97 Å². The Hall–Kier alpha value is -3.48. The maximum atomic E-state index is 13.7. The van der Waals surface area contributed by atoms with E-state index in [2.05, 4.69) is 51.8 Å². The minimum Gasteiger partial charge on any atom is -0.480 e. The molecule has 1 aromatic carbocycles. The third-order valence-electron chi connectivity index (χ3n) is 7.60. The predicted octanol–water partition coefficient (Wildman–Crippen LogP) is -1.01. The first kappa shape index (κ1) is 43.5. The number of thioether (sulfide) groups is 1. The number of rotatable bonds is 23. The van der Waals surface area contributed by atoms with E-state index in [-0.39, 0.29) is 43.1 Å². The number of nitrogens with one attached hydrogen (secondary N) is 5. The van der Waals surface area contributed by atoms with Gasteiger partial charge in [-0.3, -0.25) is 28.8 Å². The molecule has 0 aliphatic rings. The lowest BCUT2D eigenvalue weighted by Crippen LogP contribution is -2.60. The van der Waals surface area contributed by atoms with Crippen molar-refractivity contribution in [3.05, 3.63) is 35.9 Å². The molecule has 274 valence electrons. The Kier molecular flexibility index (Phi) is 20.5. The smallest absolute Gasteiger partial charge is 0.326 e. The van der Waals surface area contributed by atoms with Crippen molar-refractivity contribution < 1.29 is 38.7 Å². The van der Waals surface area contributed by atoms with E-state index in [9.17, 15) is 38.7 Å². The van der Waals surface area contributed by atoms with Crippen molar-refractivity contribution in [1.82, 2.24) is 26.6 Å². The van der Waals surface area contributed by atoms with Crippen molar-refractivity contribution in [2.24, 2.45) is 17.4 Å². The minimum atomic E-state index is -1.45. The van der Waals surface area contributed by atoms with Crippen LogP contribution in [0.25, 0.3) is 0 Å². The number of hydrogen-bond donors (Lipinski definition) is 10. The average Bonchev–Trinajstić information content (AvgIpc) is 3.08. The van der Waals surface area contributed by atoms with E-state index < -0.39 is 77.7 Å². The summed E-state index contributed by atoms with van der Waals surface area (Å²) in [6, 6.07) is 1.74. The fraction of sp³-hybridized carbons (Fsp3) is 0.581. The van der Waals surface area contributed by atoms with Crippen molar-refractivity contribution in [2.75, 3.05) is 23.5 Å². The van der Waals surface area contributed by atoms with Gasteiger partial charge in [0.05, 0.1) is 6.04 Å². The summed E-state index contributed by atoms with van der Waals surface area (Å²) in [7, 11) is 0. The second kappa shape index (κ2) is 23.0. The van der Waals surface area contributed by atoms with Crippen LogP contribution < -0.4 is 38.1 Å². The van der Waals surface area contributed by atoms with Gasteiger partial charge in [0.1, 0.15) is 30.2 Å². The Morgan fingerprint density at radius 3 is 1.86 bits per heavy atom. The van der Waals surface area contributed by atoms with Crippen LogP contribution in [0.15, 0.2) is 30.3 Å². The number of carboxylic acid groups (broad SMARTS) is 1. The van der Waals surface area contributed by atoms with Crippen LogP contribution in [0.1, 0.15) is 45.1 Å². The predicted molar refractivity (Wildman–Crippen MR) is 194 cm³/mol. The Labute approximate surface area is 301 Å². The van der Waals surface area contributed by atoms with Gasteiger partial charge in [0.2, 0.25) is 35.4 Å². The summed E-state index contributed by atoms with van der Waals surface area (Å²) < 4.78 is 0. The summed E-state index contributed by atoms with van der Waals surface area (Å²) in [5.41, 5.74) is 11.6. The molecule has 0 saturated carbocycles. The van der Waals surface area contributed by atoms with Gasteiger partial charge in [-0.15, -0.1) is 0 Å². The van der Waals surface area contributed by atoms with E-state index in [1.54, 1.807) is 37.3 Å². The number of aliphatic carboxylic acids is 1. The highest BCUT2D eigenvalue weighted by Gasteiger charge is 2.34. The lowest BCUT2D eigenvalue weighted by atomic mass is 9.97. The largest absolute Gasteiger partial charge is 0.480 e. The molecule has 0 saturated heterocycles. The molecule has 0 aliphatic carbocycles. The molecule has 0 heterocycles. The van der Waals surface area contributed by atoms with Crippen molar-refractivity contribution >= 4 is 78.4 Å². The highest BCUT2D eigenvalue weighted by Crippen LogP contribution is 2.11. The molecule has 7 unspecified atom stereocenters. The van der Waals surface area contributed by atoms with Gasteiger partial charge in [-0.1, -0.05) is 50.6 Å². The lowest BCUT2D eigenvalue weighted by Gasteiger charge is -2.28. The number of carbonyl (C=O) groups excluding carboxylic acids is 6. The molecule has 0 radical (unpaired) electrons. The molecule has 0 aliphatic heterocycles. The van der Waals surface area contributed by atoms with Gasteiger partial charge in [-0.2, -0.15) is 37.0 Å². The number of carbonyl (C=O) groups is 7. The first-order valence-electron chi connectivity index (χ1n) is 15.7. The zero-order chi connectivity index (χ0) is 37.1. The molecule has 1 rings (SSSR count). The number of amides is 6. The summed E-state index contributed by atoms with van der Waals surface area (Å²) in [6.07, 6.45) is 2.01. The van der Waals surface area contributed by atoms with E-state index in [0.717, 1.165) is 0 Å². The minimum absolute atomic E-state index is 0.00600. The molecule has 0 spiro atoms. The normalized spacial score (nSPS) is 15.2. The SMILES string of the molecule is CCC(C)C(NC(=O)C(N)CS)C(=O)NC(CCSC)C(=O)NC(Cc1ccccc1)C(=O)NC(CS)C(=O)NC(CCC(N)=O)C(=O)O. The molecule has 0 aromatic heterocycles. The molecule has 7 atom stereocenters. The summed E-state index contributed by atoms with van der Waals surface area (Å²) >= 11 is 9.63. The van der Waals surface area contributed by atoms with E-state index in [1.165, 1.54) is 11.8 Å². The van der Waals surface area contributed by atoms with Crippen LogP contribution in [0, 0.1) is 5.92 Å². The van der Waals surface area contributed by atoms with Crippen molar-refractivity contribution in [1.29, 1.82) is 0 Å². The average molecular weight is 744 g/mol. The second-order valence-corrected chi connectivity index (χ2v) is 13.1. The van der Waals surface area contributed by atoms with Crippen molar-refractivity contribution in [3.63, 3.8) is 0 Å². The van der Waals surface area contributed by atoms with Crippen LogP contribution >= 0.6 is 37.0 Å². The fourth-order valence-corrected chi connectivity index (χ4v) is 5.32. The number of carboxylic acids is 1. The zero-order valence-corrected chi connectivity index (χ0v) is 30.5. The highest BCUT2D eigenvalue weighted by atomic mass is 32.2. The van der Waals surface area contributed by atoms with Gasteiger partial charge in [0.25, 0.3) is 0 Å². The molecule has 18 heteroatoms. The van der Waals surface area contributed by atoms with Gasteiger partial charge in [0, 0.05) is 24.3 Å². The highest BCUT2D eigenvalue weighted by molar-refractivity contribution is 7.98. The van der Waals surface area contributed by atoms with Gasteiger partial charge in [-0.25, -0.2) is 4.79 Å². The van der Waals surface area contributed by atoms with E-state index >= 15 is 0 Å². The third-order valence-corrected chi connectivity index (χ3v) is 9.00. The molecular formula is C31H49N7O8S3. The molecular weight excluding hydrogens is 695 g/mol. The van der Waals surface area contributed by atoms with E-state index in [1.807, 2.05) is 13.2 Å². The number of benzene rings is 1.